The average molecular weight is 340 g/mol. The first kappa shape index (κ1) is 15.9. The minimum atomic E-state index is -0.286. The van der Waals surface area contributed by atoms with Gasteiger partial charge in [0.1, 0.15) is 5.82 Å². The highest BCUT2D eigenvalue weighted by atomic mass is 32.1. The summed E-state index contributed by atoms with van der Waals surface area (Å²) in [5.74, 6) is -0.0337. The van der Waals surface area contributed by atoms with Gasteiger partial charge in [-0.3, -0.25) is 14.3 Å². The molecule has 3 aromatic rings. The van der Waals surface area contributed by atoms with Crippen molar-refractivity contribution in [1.29, 1.82) is 0 Å². The van der Waals surface area contributed by atoms with Crippen LogP contribution in [0.1, 0.15) is 25.7 Å². The number of anilines is 1. The smallest absolute Gasteiger partial charge is 0.272 e. The number of thiophene rings is 1. The Hall–Kier alpha value is -2.93. The number of nitrogens with zero attached hydrogens (tertiary/aromatic N) is 2. The van der Waals surface area contributed by atoms with Crippen LogP contribution in [0.25, 0.3) is 0 Å². The molecule has 7 heteroatoms. The zero-order valence-corrected chi connectivity index (χ0v) is 13.8. The zero-order valence-electron chi connectivity index (χ0n) is 13.0. The van der Waals surface area contributed by atoms with E-state index in [1.807, 2.05) is 41.8 Å². The first-order valence-corrected chi connectivity index (χ1v) is 8.22. The fourth-order valence-corrected chi connectivity index (χ4v) is 2.77. The Kier molecular flexibility index (Phi) is 4.72. The lowest BCUT2D eigenvalue weighted by atomic mass is 10.2. The number of nitrogens with one attached hydrogen (secondary N) is 2. The molecule has 0 radical (unpaired) electrons. The van der Waals surface area contributed by atoms with Crippen LogP contribution in [0.4, 0.5) is 5.82 Å². The second kappa shape index (κ2) is 7.10. The molecule has 0 aliphatic rings. The van der Waals surface area contributed by atoms with E-state index in [1.165, 1.54) is 16.0 Å². The molecule has 2 N–H and O–H groups in total. The lowest BCUT2D eigenvalue weighted by Crippen LogP contribution is -2.23. The van der Waals surface area contributed by atoms with Gasteiger partial charge in [-0.05, 0) is 17.0 Å². The van der Waals surface area contributed by atoms with E-state index in [0.717, 1.165) is 5.56 Å². The van der Waals surface area contributed by atoms with Gasteiger partial charge in [-0.1, -0.05) is 36.4 Å². The first-order valence-electron chi connectivity index (χ1n) is 7.34. The van der Waals surface area contributed by atoms with Crippen molar-refractivity contribution in [2.75, 3.05) is 5.32 Å². The Bertz CT molecular complexity index is 841. The molecule has 3 rings (SSSR count). The number of hydrogen-bond acceptors (Lipinski definition) is 4. The molecule has 1 aromatic carbocycles. The topological polar surface area (TPSA) is 76.0 Å². The lowest BCUT2D eigenvalue weighted by Gasteiger charge is -2.02. The fraction of sp³-hybridized carbons (Fsp3) is 0.118. The van der Waals surface area contributed by atoms with Gasteiger partial charge in [0.25, 0.3) is 11.8 Å². The van der Waals surface area contributed by atoms with Gasteiger partial charge in [0, 0.05) is 19.7 Å². The van der Waals surface area contributed by atoms with E-state index in [2.05, 4.69) is 15.7 Å². The van der Waals surface area contributed by atoms with Crippen molar-refractivity contribution in [2.24, 2.45) is 7.05 Å². The fourth-order valence-electron chi connectivity index (χ4n) is 2.15. The number of carbonyl (C=O) groups excluding carboxylic acids is 2. The molecule has 0 unspecified atom stereocenters. The molecule has 0 aliphatic carbocycles. The third-order valence-electron chi connectivity index (χ3n) is 3.39. The van der Waals surface area contributed by atoms with Crippen LogP contribution in [0, 0.1) is 0 Å². The number of hydrogen-bond donors (Lipinski definition) is 2. The second-order valence-corrected chi connectivity index (χ2v) is 6.09. The van der Waals surface area contributed by atoms with E-state index in [9.17, 15) is 9.59 Å². The average Bonchev–Trinajstić information content (AvgIpc) is 3.24. The Morgan fingerprint density at radius 1 is 1.12 bits per heavy atom. The maximum absolute atomic E-state index is 12.2. The molecule has 0 atom stereocenters. The molecule has 122 valence electrons. The monoisotopic (exact) mass is 340 g/mol. The van der Waals surface area contributed by atoms with Crippen LogP contribution in [0.2, 0.25) is 0 Å². The minimum Gasteiger partial charge on any atom is -0.347 e. The molecule has 2 aromatic heterocycles. The Labute approximate surface area is 143 Å². The number of rotatable bonds is 5. The van der Waals surface area contributed by atoms with Crippen LogP contribution in [0.15, 0.2) is 53.9 Å². The molecule has 6 nitrogen and oxygen atoms in total. The third-order valence-corrected chi connectivity index (χ3v) is 4.26. The van der Waals surface area contributed by atoms with Crippen LogP contribution in [0.3, 0.4) is 0 Å². The zero-order chi connectivity index (χ0) is 16.9. The SMILES string of the molecule is Cn1nc(C(=O)NCc2ccccc2)cc1NC(=O)c1cccs1. The normalized spacial score (nSPS) is 10.4. The van der Waals surface area contributed by atoms with Crippen LogP contribution in [-0.4, -0.2) is 21.6 Å². The van der Waals surface area contributed by atoms with E-state index >= 15 is 0 Å². The molecular formula is C17H16N4O2S. The summed E-state index contributed by atoms with van der Waals surface area (Å²) in [6.07, 6.45) is 0. The van der Waals surface area contributed by atoms with Gasteiger partial charge >= 0.3 is 0 Å². The van der Waals surface area contributed by atoms with Crippen LogP contribution < -0.4 is 10.6 Å². The summed E-state index contributed by atoms with van der Waals surface area (Å²) in [5.41, 5.74) is 1.27. The third kappa shape index (κ3) is 3.69. The number of amides is 2. The summed E-state index contributed by atoms with van der Waals surface area (Å²) < 4.78 is 1.48. The molecular weight excluding hydrogens is 324 g/mol. The standard InChI is InChI=1S/C17H16N4O2S/c1-21-15(19-17(23)14-8-5-9-24-14)10-13(20-21)16(22)18-11-12-6-3-2-4-7-12/h2-10H,11H2,1H3,(H,18,22)(H,19,23). The second-order valence-electron chi connectivity index (χ2n) is 5.14. The van der Waals surface area contributed by atoms with Crippen molar-refractivity contribution in [3.05, 3.63) is 70.0 Å². The van der Waals surface area contributed by atoms with E-state index in [0.29, 0.717) is 17.2 Å². The highest BCUT2D eigenvalue weighted by Gasteiger charge is 2.15. The van der Waals surface area contributed by atoms with E-state index < -0.39 is 0 Å². The van der Waals surface area contributed by atoms with Crippen LogP contribution in [0.5, 0.6) is 0 Å². The van der Waals surface area contributed by atoms with Gasteiger partial charge in [-0.25, -0.2) is 0 Å². The van der Waals surface area contributed by atoms with Crippen molar-refractivity contribution in [1.82, 2.24) is 15.1 Å². The summed E-state index contributed by atoms with van der Waals surface area (Å²) in [7, 11) is 1.68. The predicted octanol–water partition coefficient (Wildman–Crippen LogP) is 2.66. The Morgan fingerprint density at radius 3 is 2.62 bits per heavy atom. The molecule has 0 saturated heterocycles. The van der Waals surface area contributed by atoms with Gasteiger partial charge in [-0.2, -0.15) is 5.10 Å². The van der Waals surface area contributed by atoms with E-state index in [-0.39, 0.29) is 17.5 Å². The number of benzene rings is 1. The molecule has 0 bridgehead atoms. The molecule has 0 saturated carbocycles. The molecule has 2 amide bonds. The molecule has 0 spiro atoms. The van der Waals surface area contributed by atoms with Crippen LogP contribution >= 0.6 is 11.3 Å². The molecule has 0 aliphatic heterocycles. The molecule has 24 heavy (non-hydrogen) atoms. The number of aromatic nitrogens is 2. The first-order chi connectivity index (χ1) is 11.6. The summed E-state index contributed by atoms with van der Waals surface area (Å²) in [6.45, 7) is 0.424. The van der Waals surface area contributed by atoms with Crippen molar-refractivity contribution in [3.8, 4) is 0 Å². The lowest BCUT2D eigenvalue weighted by molar-refractivity contribution is 0.0944. The summed E-state index contributed by atoms with van der Waals surface area (Å²) >= 11 is 1.35. The summed E-state index contributed by atoms with van der Waals surface area (Å²) in [6, 6.07) is 14.7. The van der Waals surface area contributed by atoms with E-state index in [4.69, 9.17) is 0 Å². The van der Waals surface area contributed by atoms with Gasteiger partial charge in [0.15, 0.2) is 5.69 Å². The molecule has 2 heterocycles. The molecule has 0 fully saturated rings. The number of aryl methyl sites for hydroxylation is 1. The minimum absolute atomic E-state index is 0.218. The largest absolute Gasteiger partial charge is 0.347 e. The van der Waals surface area contributed by atoms with Crippen LogP contribution in [-0.2, 0) is 13.6 Å². The van der Waals surface area contributed by atoms with Gasteiger partial charge in [0.2, 0.25) is 0 Å². The summed E-state index contributed by atoms with van der Waals surface area (Å²) in [4.78, 5) is 24.9. The Balaban J connectivity index is 1.64. The van der Waals surface area contributed by atoms with Crippen molar-refractivity contribution < 1.29 is 9.59 Å². The highest BCUT2D eigenvalue weighted by Crippen LogP contribution is 2.14. The Morgan fingerprint density at radius 2 is 1.92 bits per heavy atom. The maximum atomic E-state index is 12.2. The predicted molar refractivity (Wildman–Crippen MR) is 93.1 cm³/mol. The van der Waals surface area contributed by atoms with Gasteiger partial charge in [-0.15, -0.1) is 11.3 Å². The van der Waals surface area contributed by atoms with E-state index in [1.54, 1.807) is 19.2 Å². The van der Waals surface area contributed by atoms with Gasteiger partial charge in [0.05, 0.1) is 4.88 Å². The highest BCUT2D eigenvalue weighted by molar-refractivity contribution is 7.12. The van der Waals surface area contributed by atoms with Crippen molar-refractivity contribution >= 4 is 29.0 Å². The van der Waals surface area contributed by atoms with Gasteiger partial charge < -0.3 is 10.6 Å². The quantitative estimate of drug-likeness (QED) is 0.750. The number of carbonyl (C=O) groups is 2. The summed E-state index contributed by atoms with van der Waals surface area (Å²) in [5, 5.41) is 11.5. The van der Waals surface area contributed by atoms with Crippen molar-refractivity contribution in [2.45, 2.75) is 6.54 Å². The maximum Gasteiger partial charge on any atom is 0.272 e. The van der Waals surface area contributed by atoms with Crippen molar-refractivity contribution in [3.63, 3.8) is 0 Å².